The number of aldehydes is 1. The molecule has 0 spiro atoms. The summed E-state index contributed by atoms with van der Waals surface area (Å²) in [7, 11) is 1.50. The summed E-state index contributed by atoms with van der Waals surface area (Å²) in [5.74, 6) is 0. The Morgan fingerprint density at radius 2 is 1.83 bits per heavy atom. The Hall–Kier alpha value is -1.15. The average molecular weight is 165 g/mol. The Balaban J connectivity index is 0.000000561. The number of hydrogen-bond donors (Lipinski definition) is 1. The van der Waals surface area contributed by atoms with Crippen molar-refractivity contribution in [3.05, 3.63) is 34.9 Å². The van der Waals surface area contributed by atoms with Crippen molar-refractivity contribution in [2.45, 2.75) is 13.8 Å². The molecule has 0 fully saturated rings. The highest BCUT2D eigenvalue weighted by Crippen LogP contribution is 2.07. The minimum Gasteiger partial charge on any atom is -0.333 e. The summed E-state index contributed by atoms with van der Waals surface area (Å²) in [6, 6.07) is 5.79. The molecule has 0 aliphatic rings. The van der Waals surface area contributed by atoms with Gasteiger partial charge < -0.3 is 5.73 Å². The first kappa shape index (κ1) is 10.8. The molecule has 12 heavy (non-hydrogen) atoms. The molecule has 0 aliphatic heterocycles. The molecule has 0 saturated carbocycles. The van der Waals surface area contributed by atoms with Crippen molar-refractivity contribution < 1.29 is 4.79 Å². The third-order valence-electron chi connectivity index (χ3n) is 1.55. The zero-order valence-electron chi connectivity index (χ0n) is 7.79. The fraction of sp³-hybridized carbons (Fsp3) is 0.300. The van der Waals surface area contributed by atoms with Gasteiger partial charge in [0.2, 0.25) is 0 Å². The van der Waals surface area contributed by atoms with E-state index in [1.54, 1.807) is 0 Å². The van der Waals surface area contributed by atoms with Gasteiger partial charge in [-0.15, -0.1) is 0 Å². The van der Waals surface area contributed by atoms with Crippen molar-refractivity contribution in [3.63, 3.8) is 0 Å². The van der Waals surface area contributed by atoms with E-state index in [2.05, 4.69) is 5.73 Å². The van der Waals surface area contributed by atoms with Crippen LogP contribution in [-0.2, 0) is 0 Å². The van der Waals surface area contributed by atoms with Crippen molar-refractivity contribution in [2.75, 3.05) is 7.05 Å². The van der Waals surface area contributed by atoms with Crippen molar-refractivity contribution in [1.29, 1.82) is 0 Å². The zero-order chi connectivity index (χ0) is 9.56. The van der Waals surface area contributed by atoms with E-state index < -0.39 is 0 Å². The minimum atomic E-state index is 0.783. The van der Waals surface area contributed by atoms with Gasteiger partial charge in [0.15, 0.2) is 0 Å². The summed E-state index contributed by atoms with van der Waals surface area (Å²) in [6.07, 6.45) is 0.884. The number of carbonyl (C=O) groups is 1. The smallest absolute Gasteiger partial charge is 0.150 e. The molecule has 0 radical (unpaired) electrons. The number of carbonyl (C=O) groups excluding carboxylic acids is 1. The van der Waals surface area contributed by atoms with E-state index in [0.29, 0.717) is 0 Å². The van der Waals surface area contributed by atoms with Crippen molar-refractivity contribution >= 4 is 6.29 Å². The Kier molecular flexibility index (Phi) is 4.97. The Labute approximate surface area is 73.4 Å². The maximum absolute atomic E-state index is 10.3. The highest BCUT2D eigenvalue weighted by atomic mass is 16.1. The Morgan fingerprint density at radius 1 is 1.25 bits per heavy atom. The van der Waals surface area contributed by atoms with Crippen LogP contribution in [0.5, 0.6) is 0 Å². The zero-order valence-corrected chi connectivity index (χ0v) is 7.79. The van der Waals surface area contributed by atoms with Crippen LogP contribution < -0.4 is 5.73 Å². The monoisotopic (exact) mass is 165 g/mol. The second-order valence-electron chi connectivity index (χ2n) is 2.48. The molecule has 1 rings (SSSR count). The molecule has 2 heteroatoms. The van der Waals surface area contributed by atoms with Crippen LogP contribution in [0.15, 0.2) is 18.2 Å². The quantitative estimate of drug-likeness (QED) is 0.643. The van der Waals surface area contributed by atoms with Crippen molar-refractivity contribution in [1.82, 2.24) is 0 Å². The SMILES string of the molecule is CN.Cc1ccc(C=O)c(C)c1. The van der Waals surface area contributed by atoms with E-state index >= 15 is 0 Å². The van der Waals surface area contributed by atoms with E-state index in [-0.39, 0.29) is 0 Å². The van der Waals surface area contributed by atoms with Crippen LogP contribution in [-0.4, -0.2) is 13.3 Å². The second-order valence-corrected chi connectivity index (χ2v) is 2.48. The number of hydrogen-bond acceptors (Lipinski definition) is 2. The number of rotatable bonds is 1. The third-order valence-corrected chi connectivity index (χ3v) is 1.55. The van der Waals surface area contributed by atoms with Crippen LogP contribution >= 0.6 is 0 Å². The predicted octanol–water partition coefficient (Wildman–Crippen LogP) is 1.69. The summed E-state index contributed by atoms with van der Waals surface area (Å²) in [4.78, 5) is 10.3. The van der Waals surface area contributed by atoms with Crippen LogP contribution in [0.25, 0.3) is 0 Å². The molecule has 1 aromatic rings. The van der Waals surface area contributed by atoms with Gasteiger partial charge in [0.1, 0.15) is 6.29 Å². The van der Waals surface area contributed by atoms with Crippen LogP contribution in [0.3, 0.4) is 0 Å². The van der Waals surface area contributed by atoms with Gasteiger partial charge in [-0.1, -0.05) is 23.8 Å². The third kappa shape index (κ3) is 2.84. The molecule has 2 N–H and O–H groups in total. The molecule has 2 nitrogen and oxygen atoms in total. The molecule has 0 unspecified atom stereocenters. The molecule has 0 amide bonds. The molecular weight excluding hydrogens is 150 g/mol. The lowest BCUT2D eigenvalue weighted by Crippen LogP contribution is -1.85. The van der Waals surface area contributed by atoms with Gasteiger partial charge in [-0.3, -0.25) is 4.79 Å². The predicted molar refractivity (Wildman–Crippen MR) is 51.4 cm³/mol. The van der Waals surface area contributed by atoms with Crippen LogP contribution in [0.2, 0.25) is 0 Å². The normalized spacial score (nSPS) is 8.33. The summed E-state index contributed by atoms with van der Waals surface area (Å²) < 4.78 is 0. The summed E-state index contributed by atoms with van der Waals surface area (Å²) in [5, 5.41) is 0. The largest absolute Gasteiger partial charge is 0.333 e. The first-order chi connectivity index (χ1) is 5.74. The van der Waals surface area contributed by atoms with Gasteiger partial charge in [0, 0.05) is 5.56 Å². The molecule has 0 bridgehead atoms. The maximum Gasteiger partial charge on any atom is 0.150 e. The van der Waals surface area contributed by atoms with E-state index in [1.165, 1.54) is 12.6 Å². The highest BCUT2D eigenvalue weighted by Gasteiger charge is 1.93. The molecule has 1 aromatic carbocycles. The summed E-state index contributed by atoms with van der Waals surface area (Å²) in [5.41, 5.74) is 7.53. The topological polar surface area (TPSA) is 43.1 Å². The molecule has 0 aliphatic carbocycles. The number of nitrogens with two attached hydrogens (primary N) is 1. The van der Waals surface area contributed by atoms with Crippen LogP contribution in [0, 0.1) is 13.8 Å². The molecule has 0 heterocycles. The fourth-order valence-corrected chi connectivity index (χ4v) is 0.958. The molecule has 66 valence electrons. The van der Waals surface area contributed by atoms with Crippen LogP contribution in [0.1, 0.15) is 21.5 Å². The van der Waals surface area contributed by atoms with E-state index in [0.717, 1.165) is 17.4 Å². The molecule has 0 aromatic heterocycles. The van der Waals surface area contributed by atoms with Gasteiger partial charge in [0.25, 0.3) is 0 Å². The van der Waals surface area contributed by atoms with E-state index in [9.17, 15) is 4.79 Å². The standard InChI is InChI=1S/C9H10O.CH5N/c1-7-3-4-9(6-10)8(2)5-7;1-2/h3-6H,1-2H3;2H2,1H3. The van der Waals surface area contributed by atoms with Gasteiger partial charge >= 0.3 is 0 Å². The Bertz CT molecular complexity index is 256. The highest BCUT2D eigenvalue weighted by molar-refractivity contribution is 5.77. The first-order valence-corrected chi connectivity index (χ1v) is 3.84. The maximum atomic E-state index is 10.3. The minimum absolute atomic E-state index is 0.783. The summed E-state index contributed by atoms with van der Waals surface area (Å²) >= 11 is 0. The molecule has 0 atom stereocenters. The first-order valence-electron chi connectivity index (χ1n) is 3.84. The van der Waals surface area contributed by atoms with E-state index in [1.807, 2.05) is 32.0 Å². The van der Waals surface area contributed by atoms with Crippen molar-refractivity contribution in [2.24, 2.45) is 5.73 Å². The second kappa shape index (κ2) is 5.49. The van der Waals surface area contributed by atoms with E-state index in [4.69, 9.17) is 0 Å². The summed E-state index contributed by atoms with van der Waals surface area (Å²) in [6.45, 7) is 3.96. The lowest BCUT2D eigenvalue weighted by atomic mass is 10.1. The number of benzene rings is 1. The van der Waals surface area contributed by atoms with Gasteiger partial charge in [-0.25, -0.2) is 0 Å². The number of aryl methyl sites for hydroxylation is 2. The average Bonchev–Trinajstić information content (AvgIpc) is 2.08. The Morgan fingerprint density at radius 3 is 2.25 bits per heavy atom. The van der Waals surface area contributed by atoms with Gasteiger partial charge in [0.05, 0.1) is 0 Å². The molecular formula is C10H15NO. The van der Waals surface area contributed by atoms with Crippen LogP contribution in [0.4, 0.5) is 0 Å². The lowest BCUT2D eigenvalue weighted by molar-refractivity contribution is 0.112. The fourth-order valence-electron chi connectivity index (χ4n) is 0.958. The van der Waals surface area contributed by atoms with Gasteiger partial charge in [-0.05, 0) is 26.5 Å². The van der Waals surface area contributed by atoms with Crippen molar-refractivity contribution in [3.8, 4) is 0 Å². The lowest BCUT2D eigenvalue weighted by Gasteiger charge is -1.97. The molecule has 0 saturated heterocycles. The van der Waals surface area contributed by atoms with Gasteiger partial charge in [-0.2, -0.15) is 0 Å².